The van der Waals surface area contributed by atoms with Crippen LogP contribution < -0.4 is 10.6 Å². The first-order valence-electron chi connectivity index (χ1n) is 6.71. The van der Waals surface area contributed by atoms with Gasteiger partial charge in [0.2, 0.25) is 11.8 Å². The van der Waals surface area contributed by atoms with Crippen molar-refractivity contribution in [2.24, 2.45) is 0 Å². The molecule has 1 aromatic rings. The lowest BCUT2D eigenvalue weighted by Crippen LogP contribution is -2.37. The summed E-state index contributed by atoms with van der Waals surface area (Å²) in [7, 11) is 0. The van der Waals surface area contributed by atoms with Crippen LogP contribution in [0.2, 0.25) is 0 Å². The zero-order valence-corrected chi connectivity index (χ0v) is 12.1. The van der Waals surface area contributed by atoms with E-state index >= 15 is 0 Å². The number of carbonyl (C=O) groups is 3. The van der Waals surface area contributed by atoms with Crippen LogP contribution in [0.3, 0.4) is 0 Å². The molecule has 1 rings (SSSR count). The van der Waals surface area contributed by atoms with E-state index < -0.39 is 18.1 Å². The van der Waals surface area contributed by atoms with Gasteiger partial charge in [0, 0.05) is 13.0 Å². The topological polar surface area (TPSA) is 95.5 Å². The number of hydrogen-bond acceptors (Lipinski definition) is 3. The highest BCUT2D eigenvalue weighted by atomic mass is 16.4. The van der Waals surface area contributed by atoms with Gasteiger partial charge in [-0.25, -0.2) is 0 Å². The fraction of sp³-hybridized carbons (Fsp3) is 0.400. The Labute approximate surface area is 123 Å². The minimum atomic E-state index is -0.968. The summed E-state index contributed by atoms with van der Waals surface area (Å²) in [6.07, 6.45) is -0.0740. The molecular formula is C15H20N2O4. The van der Waals surface area contributed by atoms with Gasteiger partial charge in [0.25, 0.3) is 0 Å². The van der Waals surface area contributed by atoms with Crippen LogP contribution >= 0.6 is 0 Å². The summed E-state index contributed by atoms with van der Waals surface area (Å²) < 4.78 is 0. The number of amides is 2. The maximum Gasteiger partial charge on any atom is 0.305 e. The Morgan fingerprint density at radius 3 is 2.24 bits per heavy atom. The van der Waals surface area contributed by atoms with Crippen LogP contribution in [-0.2, 0) is 14.4 Å². The van der Waals surface area contributed by atoms with Crippen molar-refractivity contribution in [1.82, 2.24) is 10.6 Å². The molecule has 0 heterocycles. The molecule has 0 saturated carbocycles. The van der Waals surface area contributed by atoms with E-state index in [4.69, 9.17) is 5.11 Å². The Morgan fingerprint density at radius 2 is 1.71 bits per heavy atom. The third kappa shape index (κ3) is 6.56. The van der Waals surface area contributed by atoms with Crippen LogP contribution in [0.1, 0.15) is 38.3 Å². The maximum absolute atomic E-state index is 11.9. The second kappa shape index (κ2) is 8.04. The molecule has 0 radical (unpaired) electrons. The van der Waals surface area contributed by atoms with Crippen LogP contribution in [-0.4, -0.2) is 28.9 Å². The largest absolute Gasteiger partial charge is 0.481 e. The Balaban J connectivity index is 2.66. The van der Waals surface area contributed by atoms with Crippen molar-refractivity contribution in [2.45, 2.75) is 38.8 Å². The first kappa shape index (κ1) is 16.7. The zero-order chi connectivity index (χ0) is 15.8. The Hall–Kier alpha value is -2.37. The lowest BCUT2D eigenvalue weighted by Gasteiger charge is -2.19. The van der Waals surface area contributed by atoms with Gasteiger partial charge in [0.15, 0.2) is 0 Å². The van der Waals surface area contributed by atoms with Gasteiger partial charge < -0.3 is 15.7 Å². The Morgan fingerprint density at radius 1 is 1.10 bits per heavy atom. The lowest BCUT2D eigenvalue weighted by atomic mass is 10.0. The first-order chi connectivity index (χ1) is 9.88. The van der Waals surface area contributed by atoms with Crippen LogP contribution in [0, 0.1) is 0 Å². The van der Waals surface area contributed by atoms with Gasteiger partial charge in [-0.3, -0.25) is 14.4 Å². The van der Waals surface area contributed by atoms with E-state index in [1.54, 1.807) is 6.92 Å². The highest BCUT2D eigenvalue weighted by molar-refractivity contribution is 5.80. The van der Waals surface area contributed by atoms with Crippen molar-refractivity contribution in [1.29, 1.82) is 0 Å². The Kier molecular flexibility index (Phi) is 6.39. The summed E-state index contributed by atoms with van der Waals surface area (Å²) in [5, 5.41) is 14.0. The minimum Gasteiger partial charge on any atom is -0.481 e. The average molecular weight is 292 g/mol. The van der Waals surface area contributed by atoms with Gasteiger partial charge in [-0.1, -0.05) is 30.3 Å². The second-order valence-corrected chi connectivity index (χ2v) is 4.93. The van der Waals surface area contributed by atoms with Crippen LogP contribution in [0.4, 0.5) is 0 Å². The predicted octanol–water partition coefficient (Wildman–Crippen LogP) is 1.23. The molecule has 1 aromatic carbocycles. The van der Waals surface area contributed by atoms with E-state index in [2.05, 4.69) is 10.6 Å². The van der Waals surface area contributed by atoms with Gasteiger partial charge in [-0.15, -0.1) is 0 Å². The second-order valence-electron chi connectivity index (χ2n) is 4.93. The van der Waals surface area contributed by atoms with Gasteiger partial charge in [-0.2, -0.15) is 0 Å². The number of carboxylic acid groups (broad SMARTS) is 1. The summed E-state index contributed by atoms with van der Waals surface area (Å²) in [4.78, 5) is 33.8. The van der Waals surface area contributed by atoms with Gasteiger partial charge >= 0.3 is 5.97 Å². The van der Waals surface area contributed by atoms with Crippen molar-refractivity contribution in [3.05, 3.63) is 35.9 Å². The monoisotopic (exact) mass is 292 g/mol. The lowest BCUT2D eigenvalue weighted by molar-refractivity contribution is -0.137. The first-order valence-corrected chi connectivity index (χ1v) is 6.71. The molecule has 114 valence electrons. The summed E-state index contributed by atoms with van der Waals surface area (Å²) in [5.74, 6) is -1.49. The predicted molar refractivity (Wildman–Crippen MR) is 77.5 cm³/mol. The number of nitrogens with one attached hydrogen (secondary N) is 2. The number of carboxylic acids is 1. The molecular weight excluding hydrogens is 272 g/mol. The molecule has 0 aliphatic carbocycles. The van der Waals surface area contributed by atoms with Crippen molar-refractivity contribution < 1.29 is 19.5 Å². The fourth-order valence-electron chi connectivity index (χ4n) is 2.02. The number of carbonyl (C=O) groups excluding carboxylic acids is 2. The number of aliphatic carboxylic acids is 1. The minimum absolute atomic E-state index is 0.0630. The zero-order valence-electron chi connectivity index (χ0n) is 12.1. The molecule has 0 saturated heterocycles. The highest BCUT2D eigenvalue weighted by Crippen LogP contribution is 2.16. The van der Waals surface area contributed by atoms with E-state index in [-0.39, 0.29) is 24.7 Å². The van der Waals surface area contributed by atoms with Crippen LogP contribution in [0.5, 0.6) is 0 Å². The molecule has 3 N–H and O–H groups in total. The van der Waals surface area contributed by atoms with E-state index in [0.29, 0.717) is 0 Å². The van der Waals surface area contributed by atoms with Crippen LogP contribution in [0.25, 0.3) is 0 Å². The van der Waals surface area contributed by atoms with E-state index in [0.717, 1.165) is 5.56 Å². The van der Waals surface area contributed by atoms with E-state index in [9.17, 15) is 14.4 Å². The molecule has 2 unspecified atom stereocenters. The normalized spacial score (nSPS) is 13.0. The third-order valence-corrected chi connectivity index (χ3v) is 2.86. The van der Waals surface area contributed by atoms with Gasteiger partial charge in [0.1, 0.15) is 0 Å². The molecule has 6 heteroatoms. The van der Waals surface area contributed by atoms with Crippen molar-refractivity contribution in [2.75, 3.05) is 0 Å². The summed E-state index contributed by atoms with van der Waals surface area (Å²) >= 11 is 0. The molecule has 0 aromatic heterocycles. The number of rotatable bonds is 7. The molecule has 0 aliphatic heterocycles. The molecule has 21 heavy (non-hydrogen) atoms. The van der Waals surface area contributed by atoms with E-state index in [1.165, 1.54) is 6.92 Å². The van der Waals surface area contributed by atoms with Crippen molar-refractivity contribution in [3.63, 3.8) is 0 Å². The van der Waals surface area contributed by atoms with Crippen LogP contribution in [0.15, 0.2) is 30.3 Å². The van der Waals surface area contributed by atoms with Gasteiger partial charge in [0.05, 0.1) is 18.9 Å². The average Bonchev–Trinajstić information content (AvgIpc) is 2.37. The maximum atomic E-state index is 11.9. The number of hydrogen-bond donors (Lipinski definition) is 3. The van der Waals surface area contributed by atoms with Crippen molar-refractivity contribution in [3.8, 4) is 0 Å². The molecule has 6 nitrogen and oxygen atoms in total. The SMILES string of the molecule is CC(=O)NC(CC(=O)NC(C)CC(=O)O)c1ccccc1. The quantitative estimate of drug-likeness (QED) is 0.704. The molecule has 2 atom stereocenters. The molecule has 0 spiro atoms. The Bertz CT molecular complexity index is 502. The third-order valence-electron chi connectivity index (χ3n) is 2.86. The summed E-state index contributed by atoms with van der Waals surface area (Å²) in [6, 6.07) is 8.28. The molecule has 0 bridgehead atoms. The summed E-state index contributed by atoms with van der Waals surface area (Å²) in [5.41, 5.74) is 0.828. The summed E-state index contributed by atoms with van der Waals surface area (Å²) in [6.45, 7) is 3.02. The standard InChI is InChI=1S/C15H20N2O4/c1-10(8-15(20)21)16-14(19)9-13(17-11(2)18)12-6-4-3-5-7-12/h3-7,10,13H,8-9H2,1-2H3,(H,16,19)(H,17,18)(H,20,21). The molecule has 0 aliphatic rings. The van der Waals surface area contributed by atoms with Gasteiger partial charge in [-0.05, 0) is 12.5 Å². The molecule has 0 fully saturated rings. The highest BCUT2D eigenvalue weighted by Gasteiger charge is 2.18. The smallest absolute Gasteiger partial charge is 0.305 e. The molecule has 2 amide bonds. The fourth-order valence-corrected chi connectivity index (χ4v) is 2.02. The van der Waals surface area contributed by atoms with E-state index in [1.807, 2.05) is 30.3 Å². The number of benzene rings is 1. The van der Waals surface area contributed by atoms with Crippen molar-refractivity contribution >= 4 is 17.8 Å².